The maximum atomic E-state index is 6.06. The van der Waals surface area contributed by atoms with Crippen LogP contribution >= 0.6 is 0 Å². The Labute approximate surface area is 231 Å². The van der Waals surface area contributed by atoms with Gasteiger partial charge in [-0.05, 0) is 64.1 Å². The highest BCUT2D eigenvalue weighted by Gasteiger charge is 2.20. The number of halogens is 2. The summed E-state index contributed by atoms with van der Waals surface area (Å²) in [5.41, 5.74) is 2.46. The van der Waals surface area contributed by atoms with Crippen LogP contribution < -0.4 is 57.6 Å². The molecule has 2 aromatic rings. The van der Waals surface area contributed by atoms with E-state index in [0.29, 0.717) is 0 Å². The normalized spacial score (nSPS) is 11.3. The third kappa shape index (κ3) is 9.35. The third-order valence-corrected chi connectivity index (χ3v) is 7.03. The number of rotatable bonds is 13. The van der Waals surface area contributed by atoms with Crippen molar-refractivity contribution in [2.24, 2.45) is 0 Å². The zero-order chi connectivity index (χ0) is 22.0. The van der Waals surface area contributed by atoms with Crippen LogP contribution in [0.25, 0.3) is 0 Å². The molecular weight excluding hydrogens is 624 g/mol. The average molecular weight is 667 g/mol. The number of hydrogen-bond donors (Lipinski definition) is 0. The number of quaternary nitrogens is 2. The van der Waals surface area contributed by atoms with Gasteiger partial charge in [0.05, 0.1) is 53.4 Å². The summed E-state index contributed by atoms with van der Waals surface area (Å²) in [6, 6.07) is 19.3. The molecule has 0 amide bonds. The predicted octanol–water partition coefficient (Wildman–Crippen LogP) is -0.816. The number of anilines is 2. The van der Waals surface area contributed by atoms with Gasteiger partial charge in [0.25, 0.3) is 0 Å². The molecule has 0 aliphatic rings. The van der Waals surface area contributed by atoms with Gasteiger partial charge in [-0.2, -0.15) is 0 Å². The topological polar surface area (TPSA) is 12.5 Å². The molecule has 0 aromatic heterocycles. The van der Waals surface area contributed by atoms with E-state index in [9.17, 15) is 0 Å². The van der Waals surface area contributed by atoms with Crippen molar-refractivity contribution in [2.75, 3.05) is 71.4 Å². The number of hydrogen-bond acceptors (Lipinski definition) is 2. The molecule has 2 rings (SSSR count). The summed E-state index contributed by atoms with van der Waals surface area (Å²) in [4.78, 5) is 2.42. The van der Waals surface area contributed by atoms with E-state index < -0.39 is 0 Å². The van der Waals surface area contributed by atoms with Crippen LogP contribution in [0, 0.1) is 0 Å². The van der Waals surface area contributed by atoms with Crippen LogP contribution in [0.2, 0.25) is 0 Å². The molecule has 0 heterocycles. The average Bonchev–Trinajstić information content (AvgIpc) is 2.80. The third-order valence-electron chi connectivity index (χ3n) is 7.03. The van der Waals surface area contributed by atoms with E-state index >= 15 is 0 Å². The highest BCUT2D eigenvalue weighted by molar-refractivity contribution is 5.63. The van der Waals surface area contributed by atoms with E-state index in [1.165, 1.54) is 11.4 Å². The standard InChI is InChI=1S/C26H43N3O.2HI/c1-7-28(5,8-2)21-20-27(24-14-12-11-13-15-24)25-16-18-26(19-17-25)30-23-22-29(6,9-3)10-4;;/h11-19H,7-10,20-23H2,1-6H3;2*1H/q+2;;/p-2. The first-order valence-electron chi connectivity index (χ1n) is 11.6. The number of benzene rings is 2. The van der Waals surface area contributed by atoms with Gasteiger partial charge in [-0.15, -0.1) is 0 Å². The second-order valence-electron chi connectivity index (χ2n) is 8.78. The van der Waals surface area contributed by atoms with Crippen molar-refractivity contribution in [1.29, 1.82) is 0 Å². The zero-order valence-corrected chi connectivity index (χ0v) is 25.2. The Bertz CT molecular complexity index is 732. The Morgan fingerprint density at radius 1 is 0.656 bits per heavy atom. The summed E-state index contributed by atoms with van der Waals surface area (Å²) < 4.78 is 8.18. The molecule has 0 N–H and O–H groups in total. The van der Waals surface area contributed by atoms with E-state index in [-0.39, 0.29) is 48.0 Å². The van der Waals surface area contributed by atoms with Crippen LogP contribution in [0.5, 0.6) is 5.75 Å². The lowest BCUT2D eigenvalue weighted by Gasteiger charge is -2.35. The number of para-hydroxylation sites is 1. The molecule has 4 nitrogen and oxygen atoms in total. The molecule has 0 fully saturated rings. The molecule has 0 aliphatic heterocycles. The molecule has 0 saturated carbocycles. The van der Waals surface area contributed by atoms with Gasteiger partial charge in [0.15, 0.2) is 0 Å². The second kappa shape index (κ2) is 15.3. The van der Waals surface area contributed by atoms with Gasteiger partial charge in [-0.1, -0.05) is 18.2 Å². The lowest BCUT2D eigenvalue weighted by Crippen LogP contribution is -3.00. The number of likely N-dealkylation sites (N-methyl/N-ethyl adjacent to an activating group) is 2. The lowest BCUT2D eigenvalue weighted by atomic mass is 10.2. The summed E-state index contributed by atoms with van der Waals surface area (Å²) in [6.07, 6.45) is 0. The molecule has 0 aliphatic carbocycles. The van der Waals surface area contributed by atoms with Gasteiger partial charge >= 0.3 is 0 Å². The van der Waals surface area contributed by atoms with Crippen LogP contribution in [0.15, 0.2) is 54.6 Å². The van der Waals surface area contributed by atoms with Crippen molar-refractivity contribution in [1.82, 2.24) is 0 Å². The minimum Gasteiger partial charge on any atom is -1.00 e. The molecule has 0 radical (unpaired) electrons. The number of nitrogens with zero attached hydrogens (tertiary/aromatic N) is 3. The SMILES string of the molecule is CC[N+](C)(CC)CCOc1ccc(N(CC[N+](C)(CC)CC)c2ccccc2)cc1.[I-].[I-]. The smallest absolute Gasteiger partial charge is 0.137 e. The largest absolute Gasteiger partial charge is 1.00 e. The Morgan fingerprint density at radius 2 is 1.12 bits per heavy atom. The van der Waals surface area contributed by atoms with Crippen LogP contribution in [0.4, 0.5) is 11.4 Å². The van der Waals surface area contributed by atoms with Crippen LogP contribution in [0.3, 0.4) is 0 Å². The summed E-state index contributed by atoms with van der Waals surface area (Å²) in [5, 5.41) is 0. The van der Waals surface area contributed by atoms with Gasteiger partial charge in [-0.25, -0.2) is 0 Å². The van der Waals surface area contributed by atoms with Crippen LogP contribution in [0.1, 0.15) is 27.7 Å². The summed E-state index contributed by atoms with van der Waals surface area (Å²) in [6.45, 7) is 17.5. The summed E-state index contributed by atoms with van der Waals surface area (Å²) in [5.74, 6) is 0.952. The van der Waals surface area contributed by atoms with Crippen molar-refractivity contribution < 1.29 is 61.7 Å². The molecule has 6 heteroatoms. The molecule has 182 valence electrons. The maximum absolute atomic E-state index is 6.06. The lowest BCUT2D eigenvalue weighted by molar-refractivity contribution is -0.906. The summed E-state index contributed by atoms with van der Waals surface area (Å²) >= 11 is 0. The summed E-state index contributed by atoms with van der Waals surface area (Å²) in [7, 11) is 4.64. The first-order valence-corrected chi connectivity index (χ1v) is 11.6. The van der Waals surface area contributed by atoms with Crippen molar-refractivity contribution in [3.63, 3.8) is 0 Å². The van der Waals surface area contributed by atoms with Gasteiger partial charge in [0.2, 0.25) is 0 Å². The first-order chi connectivity index (χ1) is 14.4. The van der Waals surface area contributed by atoms with Gasteiger partial charge in [0, 0.05) is 11.4 Å². The van der Waals surface area contributed by atoms with Gasteiger partial charge in [0.1, 0.15) is 18.9 Å². The van der Waals surface area contributed by atoms with Crippen molar-refractivity contribution in [3.8, 4) is 5.75 Å². The predicted molar refractivity (Wildman–Crippen MR) is 130 cm³/mol. The minimum atomic E-state index is 0. The second-order valence-corrected chi connectivity index (χ2v) is 8.78. The van der Waals surface area contributed by atoms with E-state index in [2.05, 4.69) is 101 Å². The Kier molecular flexibility index (Phi) is 15.1. The van der Waals surface area contributed by atoms with E-state index in [1.54, 1.807) is 0 Å². The Morgan fingerprint density at radius 3 is 1.62 bits per heavy atom. The quantitative estimate of drug-likeness (QED) is 0.205. The maximum Gasteiger partial charge on any atom is 0.137 e. The van der Waals surface area contributed by atoms with E-state index in [1.807, 2.05) is 0 Å². The van der Waals surface area contributed by atoms with Crippen molar-refractivity contribution in [3.05, 3.63) is 54.6 Å². The molecule has 0 saturated heterocycles. The van der Waals surface area contributed by atoms with Gasteiger partial charge in [-0.3, -0.25) is 0 Å². The molecule has 32 heavy (non-hydrogen) atoms. The fourth-order valence-corrected chi connectivity index (χ4v) is 3.54. The van der Waals surface area contributed by atoms with E-state index in [4.69, 9.17) is 4.74 Å². The molecule has 0 unspecified atom stereocenters. The van der Waals surface area contributed by atoms with Crippen LogP contribution in [-0.4, -0.2) is 75.5 Å². The molecule has 2 aromatic carbocycles. The number of ether oxygens (including phenoxy) is 1. The van der Waals surface area contributed by atoms with Crippen molar-refractivity contribution in [2.45, 2.75) is 27.7 Å². The fourth-order valence-electron chi connectivity index (χ4n) is 3.54. The van der Waals surface area contributed by atoms with Crippen molar-refractivity contribution >= 4 is 11.4 Å². The molecular formula is C26H43I2N3O. The minimum absolute atomic E-state index is 0. The van der Waals surface area contributed by atoms with E-state index in [0.717, 1.165) is 67.1 Å². The van der Waals surface area contributed by atoms with Gasteiger partial charge < -0.3 is 66.6 Å². The monoisotopic (exact) mass is 667 g/mol. The fraction of sp³-hybridized carbons (Fsp3) is 0.538. The highest BCUT2D eigenvalue weighted by Crippen LogP contribution is 2.27. The first kappa shape index (κ1) is 31.4. The molecule has 0 bridgehead atoms. The Balaban J connectivity index is 0.00000480. The Hall–Kier alpha value is -0.580. The zero-order valence-electron chi connectivity index (χ0n) is 20.9. The van der Waals surface area contributed by atoms with Crippen LogP contribution in [-0.2, 0) is 0 Å². The highest BCUT2D eigenvalue weighted by atomic mass is 127. The molecule has 0 spiro atoms. The molecule has 0 atom stereocenters.